The van der Waals surface area contributed by atoms with E-state index in [0.29, 0.717) is 28.7 Å². The fourth-order valence-corrected chi connectivity index (χ4v) is 3.69. The first-order valence-corrected chi connectivity index (χ1v) is 9.98. The molecule has 7 heteroatoms. The zero-order valence-electron chi connectivity index (χ0n) is 16.9. The lowest BCUT2D eigenvalue weighted by Crippen LogP contribution is -2.32. The number of rotatable bonds is 4. The molecule has 1 aliphatic heterocycles. The Hall–Kier alpha value is -4.26. The van der Waals surface area contributed by atoms with E-state index in [1.807, 2.05) is 85.8 Å². The van der Waals surface area contributed by atoms with Gasteiger partial charge in [0.25, 0.3) is 5.91 Å². The third-order valence-corrected chi connectivity index (χ3v) is 5.13. The number of aromatic nitrogens is 4. The molecule has 0 spiro atoms. The van der Waals surface area contributed by atoms with Gasteiger partial charge < -0.3 is 10.6 Å². The number of benzene rings is 2. The molecule has 2 aromatic carbocycles. The van der Waals surface area contributed by atoms with Gasteiger partial charge in [0.05, 0.1) is 11.3 Å². The van der Waals surface area contributed by atoms with Crippen LogP contribution in [-0.4, -0.2) is 25.7 Å². The van der Waals surface area contributed by atoms with Crippen molar-refractivity contribution in [2.45, 2.75) is 13.0 Å². The number of fused-ring (bicyclic) bond motifs is 1. The van der Waals surface area contributed by atoms with E-state index in [0.717, 1.165) is 11.3 Å². The van der Waals surface area contributed by atoms with Crippen LogP contribution in [0, 0.1) is 0 Å². The van der Waals surface area contributed by atoms with Gasteiger partial charge >= 0.3 is 0 Å². The van der Waals surface area contributed by atoms with Gasteiger partial charge in [-0.15, -0.1) is 5.10 Å². The summed E-state index contributed by atoms with van der Waals surface area (Å²) in [6, 6.07) is 24.3. The molecule has 0 radical (unpaired) electrons. The number of pyridine rings is 1. The van der Waals surface area contributed by atoms with Crippen LogP contribution in [-0.2, 0) is 4.79 Å². The molecule has 2 aromatic heterocycles. The maximum atomic E-state index is 13.3. The van der Waals surface area contributed by atoms with Gasteiger partial charge in [0, 0.05) is 23.1 Å². The minimum atomic E-state index is -0.508. The van der Waals surface area contributed by atoms with Crippen LogP contribution in [0.1, 0.15) is 18.7 Å². The molecule has 2 N–H and O–H groups in total. The van der Waals surface area contributed by atoms with Crippen molar-refractivity contribution >= 4 is 17.5 Å². The Bertz CT molecular complexity index is 1250. The number of hydrogen-bond donors (Lipinski definition) is 2. The SMILES string of the molecule is CC1=C(C(=O)Nc2ccccc2)[C@@H](c2ccccn2)n2nc(-c3ccccc3)nc2N1. The first-order valence-electron chi connectivity index (χ1n) is 9.98. The van der Waals surface area contributed by atoms with E-state index in [9.17, 15) is 4.79 Å². The molecule has 5 rings (SSSR count). The van der Waals surface area contributed by atoms with Crippen LogP contribution in [0.25, 0.3) is 11.4 Å². The fourth-order valence-electron chi connectivity index (χ4n) is 3.69. The number of nitrogens with one attached hydrogen (secondary N) is 2. The highest BCUT2D eigenvalue weighted by molar-refractivity contribution is 6.05. The van der Waals surface area contributed by atoms with Crippen LogP contribution in [0.15, 0.2) is 96.3 Å². The predicted molar refractivity (Wildman–Crippen MR) is 119 cm³/mol. The van der Waals surface area contributed by atoms with Gasteiger partial charge in [-0.1, -0.05) is 54.6 Å². The number of anilines is 2. The van der Waals surface area contributed by atoms with Crippen molar-refractivity contribution in [2.24, 2.45) is 0 Å². The molecule has 4 aromatic rings. The van der Waals surface area contributed by atoms with Crippen LogP contribution in [0.3, 0.4) is 0 Å². The van der Waals surface area contributed by atoms with E-state index in [1.165, 1.54) is 0 Å². The van der Waals surface area contributed by atoms with E-state index in [2.05, 4.69) is 20.6 Å². The summed E-state index contributed by atoms with van der Waals surface area (Å²) in [5.74, 6) is 0.944. The second kappa shape index (κ2) is 7.87. The Kier molecular flexibility index (Phi) is 4.76. The molecule has 3 heterocycles. The van der Waals surface area contributed by atoms with Crippen molar-refractivity contribution < 1.29 is 4.79 Å². The molecule has 0 bridgehead atoms. The maximum Gasteiger partial charge on any atom is 0.255 e. The van der Waals surface area contributed by atoms with Crippen molar-refractivity contribution in [3.63, 3.8) is 0 Å². The standard InChI is InChI=1S/C24H20N6O/c1-16-20(23(31)27-18-12-6-3-7-13-18)21(19-14-8-9-15-25-19)30-24(26-16)28-22(29-30)17-10-4-2-5-11-17/h2-15,21H,1H3,(H,27,31)(H,26,28,29)/t21-/m1/s1. The monoisotopic (exact) mass is 408 g/mol. The number of carbonyl (C=O) groups excluding carboxylic acids is 1. The van der Waals surface area contributed by atoms with Crippen LogP contribution < -0.4 is 10.6 Å². The molecular weight excluding hydrogens is 388 g/mol. The molecule has 152 valence electrons. The second-order valence-corrected chi connectivity index (χ2v) is 7.21. The summed E-state index contributed by atoms with van der Waals surface area (Å²) in [6.07, 6.45) is 1.72. The first kappa shape index (κ1) is 18.7. The molecule has 0 saturated heterocycles. The van der Waals surface area contributed by atoms with Gasteiger partial charge in [-0.3, -0.25) is 9.78 Å². The van der Waals surface area contributed by atoms with Gasteiger partial charge in [-0.2, -0.15) is 4.98 Å². The Balaban J connectivity index is 1.60. The van der Waals surface area contributed by atoms with Gasteiger partial charge in [-0.25, -0.2) is 4.68 Å². The fraction of sp³-hybridized carbons (Fsp3) is 0.0833. The first-order chi connectivity index (χ1) is 15.2. The maximum absolute atomic E-state index is 13.3. The molecule has 0 unspecified atom stereocenters. The van der Waals surface area contributed by atoms with Crippen molar-refractivity contribution in [1.29, 1.82) is 0 Å². The van der Waals surface area contributed by atoms with E-state index < -0.39 is 6.04 Å². The number of allylic oxidation sites excluding steroid dienone is 1. The topological polar surface area (TPSA) is 84.7 Å². The Labute approximate surface area is 179 Å². The van der Waals surface area contributed by atoms with E-state index in [1.54, 1.807) is 10.9 Å². The number of para-hydroxylation sites is 1. The predicted octanol–water partition coefficient (Wildman–Crippen LogP) is 4.27. The largest absolute Gasteiger partial charge is 0.328 e. The molecule has 1 atom stereocenters. The van der Waals surface area contributed by atoms with Gasteiger partial charge in [-0.05, 0) is 31.2 Å². The molecule has 0 fully saturated rings. The average Bonchev–Trinajstić information content (AvgIpc) is 3.23. The molecule has 31 heavy (non-hydrogen) atoms. The number of nitrogens with zero attached hydrogens (tertiary/aromatic N) is 4. The molecule has 1 amide bonds. The zero-order valence-corrected chi connectivity index (χ0v) is 16.9. The zero-order chi connectivity index (χ0) is 21.2. The van der Waals surface area contributed by atoms with Gasteiger partial charge in [0.1, 0.15) is 6.04 Å². The molecule has 0 aliphatic carbocycles. The lowest BCUT2D eigenvalue weighted by Gasteiger charge is -2.28. The third kappa shape index (κ3) is 3.57. The van der Waals surface area contributed by atoms with Crippen molar-refractivity contribution in [1.82, 2.24) is 19.7 Å². The summed E-state index contributed by atoms with van der Waals surface area (Å²) in [4.78, 5) is 22.5. The smallest absolute Gasteiger partial charge is 0.255 e. The van der Waals surface area contributed by atoms with Crippen molar-refractivity contribution in [3.8, 4) is 11.4 Å². The van der Waals surface area contributed by atoms with Crippen LogP contribution >= 0.6 is 0 Å². The third-order valence-electron chi connectivity index (χ3n) is 5.13. The molecule has 0 saturated carbocycles. The van der Waals surface area contributed by atoms with E-state index in [-0.39, 0.29) is 5.91 Å². The minimum absolute atomic E-state index is 0.214. The molecule has 7 nitrogen and oxygen atoms in total. The number of hydrogen-bond acceptors (Lipinski definition) is 5. The summed E-state index contributed by atoms with van der Waals surface area (Å²) < 4.78 is 1.73. The number of carbonyl (C=O) groups is 1. The second-order valence-electron chi connectivity index (χ2n) is 7.21. The summed E-state index contributed by atoms with van der Waals surface area (Å²) in [7, 11) is 0. The van der Waals surface area contributed by atoms with Crippen molar-refractivity contribution in [2.75, 3.05) is 10.6 Å². The Morgan fingerprint density at radius 1 is 0.968 bits per heavy atom. The highest BCUT2D eigenvalue weighted by Crippen LogP contribution is 2.35. The summed E-state index contributed by atoms with van der Waals surface area (Å²) in [5, 5.41) is 11.0. The van der Waals surface area contributed by atoms with Crippen LogP contribution in [0.2, 0.25) is 0 Å². The highest BCUT2D eigenvalue weighted by Gasteiger charge is 2.35. The van der Waals surface area contributed by atoms with Gasteiger partial charge in [0.15, 0.2) is 5.82 Å². The minimum Gasteiger partial charge on any atom is -0.328 e. The van der Waals surface area contributed by atoms with Crippen LogP contribution in [0.5, 0.6) is 0 Å². The lowest BCUT2D eigenvalue weighted by atomic mass is 9.98. The molecular formula is C24H20N6O. The van der Waals surface area contributed by atoms with E-state index >= 15 is 0 Å². The Morgan fingerprint density at radius 3 is 2.39 bits per heavy atom. The Morgan fingerprint density at radius 2 is 1.68 bits per heavy atom. The van der Waals surface area contributed by atoms with Crippen LogP contribution in [0.4, 0.5) is 11.6 Å². The number of amides is 1. The van der Waals surface area contributed by atoms with E-state index in [4.69, 9.17) is 5.10 Å². The highest BCUT2D eigenvalue weighted by atomic mass is 16.1. The van der Waals surface area contributed by atoms with Crippen molar-refractivity contribution in [3.05, 3.63) is 102 Å². The molecule has 1 aliphatic rings. The summed E-state index contributed by atoms with van der Waals surface area (Å²) in [6.45, 7) is 1.87. The lowest BCUT2D eigenvalue weighted by molar-refractivity contribution is -0.113. The van der Waals surface area contributed by atoms with Gasteiger partial charge in [0.2, 0.25) is 5.95 Å². The summed E-state index contributed by atoms with van der Waals surface area (Å²) in [5.41, 5.74) is 3.59. The summed E-state index contributed by atoms with van der Waals surface area (Å²) >= 11 is 0. The average molecular weight is 408 g/mol. The normalized spacial score (nSPS) is 15.2. The quantitative estimate of drug-likeness (QED) is 0.527.